The molecule has 6 heteroatoms. The van der Waals surface area contributed by atoms with Gasteiger partial charge in [-0.1, -0.05) is 0 Å². The smallest absolute Gasteiger partial charge is 0.260 e. The summed E-state index contributed by atoms with van der Waals surface area (Å²) >= 11 is 0. The number of nitrogens with zero attached hydrogens (tertiary/aromatic N) is 2. The molecule has 0 atom stereocenters. The van der Waals surface area contributed by atoms with Crippen molar-refractivity contribution in [2.24, 2.45) is 27.3 Å². The van der Waals surface area contributed by atoms with Gasteiger partial charge in [-0.3, -0.25) is 0 Å². The molecule has 0 saturated heterocycles. The summed E-state index contributed by atoms with van der Waals surface area (Å²) in [5, 5.41) is 3.48. The minimum atomic E-state index is -0.399. The Kier molecular flexibility index (Phi) is 3.33. The van der Waals surface area contributed by atoms with Gasteiger partial charge in [-0.2, -0.15) is 4.99 Å². The van der Waals surface area contributed by atoms with Crippen molar-refractivity contribution in [3.63, 3.8) is 0 Å². The quantitative estimate of drug-likeness (QED) is 0.276. The van der Waals surface area contributed by atoms with E-state index in [0.717, 1.165) is 0 Å². The molecule has 6 nitrogen and oxygen atoms in total. The zero-order valence-electron chi connectivity index (χ0n) is 7.53. The van der Waals surface area contributed by atoms with E-state index < -0.39 is 5.60 Å². The number of guanidine groups is 2. The molecule has 0 aromatic carbocycles. The Morgan fingerprint density at radius 3 is 2.00 bits per heavy atom. The fourth-order valence-corrected chi connectivity index (χ4v) is 0.336. The molecular formula is C6H15N5O. The lowest BCUT2D eigenvalue weighted by Gasteiger charge is -2.14. The third-order valence-electron chi connectivity index (χ3n) is 0.657. The van der Waals surface area contributed by atoms with Crippen LogP contribution >= 0.6 is 0 Å². The molecule has 0 heterocycles. The average Bonchev–Trinajstić information content (AvgIpc) is 1.80. The number of aliphatic imine (C=N–C) groups is 1. The average molecular weight is 173 g/mol. The lowest BCUT2D eigenvalue weighted by Crippen LogP contribution is -2.27. The highest BCUT2D eigenvalue weighted by Crippen LogP contribution is 2.06. The molecule has 12 heavy (non-hydrogen) atoms. The van der Waals surface area contributed by atoms with E-state index in [4.69, 9.17) is 22.0 Å². The van der Waals surface area contributed by atoms with Crippen molar-refractivity contribution < 1.29 is 4.84 Å². The zero-order chi connectivity index (χ0) is 9.78. The fraction of sp³-hybridized carbons (Fsp3) is 0.667. The van der Waals surface area contributed by atoms with E-state index >= 15 is 0 Å². The van der Waals surface area contributed by atoms with Crippen LogP contribution in [0, 0.1) is 0 Å². The molecule has 6 N–H and O–H groups in total. The second kappa shape index (κ2) is 3.80. The molecule has 0 saturated carbocycles. The summed E-state index contributed by atoms with van der Waals surface area (Å²) in [5.74, 6) is -0.237. The first-order valence-corrected chi connectivity index (χ1v) is 3.42. The van der Waals surface area contributed by atoms with Gasteiger partial charge in [-0.15, -0.1) is 0 Å². The summed E-state index contributed by atoms with van der Waals surface area (Å²) < 4.78 is 0. The highest BCUT2D eigenvalue weighted by molar-refractivity contribution is 5.92. The second-order valence-electron chi connectivity index (χ2n) is 3.19. The molecule has 0 fully saturated rings. The number of nitrogens with two attached hydrogens (primary N) is 3. The summed E-state index contributed by atoms with van der Waals surface area (Å²) in [5.41, 5.74) is 14.9. The van der Waals surface area contributed by atoms with Gasteiger partial charge in [-0.05, 0) is 25.9 Å². The molecule has 0 aliphatic rings. The molecular weight excluding hydrogens is 158 g/mol. The van der Waals surface area contributed by atoms with Crippen molar-refractivity contribution in [2.45, 2.75) is 26.4 Å². The van der Waals surface area contributed by atoms with Gasteiger partial charge in [0.2, 0.25) is 0 Å². The van der Waals surface area contributed by atoms with E-state index in [-0.39, 0.29) is 11.9 Å². The predicted octanol–water partition coefficient (Wildman–Crippen LogP) is -0.695. The summed E-state index contributed by atoms with van der Waals surface area (Å²) in [7, 11) is 0. The Morgan fingerprint density at radius 2 is 1.67 bits per heavy atom. The standard InChI is InChI=1S/C6H15N5O/c1-6(2,3)12-11-5(9)10-4(7)8/h1-3H3,(H6,7,8,9,10,11). The van der Waals surface area contributed by atoms with E-state index in [1.54, 1.807) is 0 Å². The molecule has 0 rings (SSSR count). The Labute approximate surface area is 71.4 Å². The number of oxime groups is 1. The molecule has 0 unspecified atom stereocenters. The van der Waals surface area contributed by atoms with Crippen LogP contribution in [0.5, 0.6) is 0 Å². The van der Waals surface area contributed by atoms with Gasteiger partial charge in [0.25, 0.3) is 5.96 Å². The number of hydrogen-bond acceptors (Lipinski definition) is 2. The van der Waals surface area contributed by atoms with E-state index in [0.29, 0.717) is 0 Å². The van der Waals surface area contributed by atoms with E-state index in [9.17, 15) is 0 Å². The van der Waals surface area contributed by atoms with Crippen LogP contribution in [0.1, 0.15) is 20.8 Å². The van der Waals surface area contributed by atoms with Crippen molar-refractivity contribution in [3.05, 3.63) is 0 Å². The Bertz CT molecular complexity index is 198. The van der Waals surface area contributed by atoms with Crippen LogP contribution in [0.15, 0.2) is 10.1 Å². The maximum atomic E-state index is 5.26. The third-order valence-corrected chi connectivity index (χ3v) is 0.657. The fourth-order valence-electron chi connectivity index (χ4n) is 0.336. The number of rotatable bonds is 1. The van der Waals surface area contributed by atoms with Crippen LogP contribution in [0.25, 0.3) is 0 Å². The van der Waals surface area contributed by atoms with Gasteiger partial charge in [-0.25, -0.2) is 0 Å². The van der Waals surface area contributed by atoms with Crippen molar-refractivity contribution >= 4 is 11.9 Å². The van der Waals surface area contributed by atoms with Crippen LogP contribution in [0.4, 0.5) is 0 Å². The molecule has 0 aromatic rings. The zero-order valence-corrected chi connectivity index (χ0v) is 7.53. The van der Waals surface area contributed by atoms with Crippen LogP contribution < -0.4 is 17.2 Å². The first-order chi connectivity index (χ1) is 5.31. The van der Waals surface area contributed by atoms with Gasteiger partial charge < -0.3 is 22.0 Å². The van der Waals surface area contributed by atoms with Crippen molar-refractivity contribution in [1.82, 2.24) is 0 Å². The molecule has 0 aliphatic carbocycles. The number of hydrogen-bond donors (Lipinski definition) is 3. The largest absolute Gasteiger partial charge is 0.387 e. The highest BCUT2D eigenvalue weighted by Gasteiger charge is 2.10. The lowest BCUT2D eigenvalue weighted by molar-refractivity contribution is 0.000501. The van der Waals surface area contributed by atoms with E-state index in [2.05, 4.69) is 10.1 Å². The van der Waals surface area contributed by atoms with Gasteiger partial charge in [0, 0.05) is 0 Å². The normalized spacial score (nSPS) is 12.4. The predicted molar refractivity (Wildman–Crippen MR) is 48.3 cm³/mol. The van der Waals surface area contributed by atoms with Crippen molar-refractivity contribution in [2.75, 3.05) is 0 Å². The lowest BCUT2D eigenvalue weighted by atomic mass is 10.2. The van der Waals surface area contributed by atoms with Crippen LogP contribution in [-0.2, 0) is 4.84 Å². The molecule has 70 valence electrons. The van der Waals surface area contributed by atoms with Gasteiger partial charge >= 0.3 is 0 Å². The molecule has 0 bridgehead atoms. The van der Waals surface area contributed by atoms with E-state index in [1.807, 2.05) is 20.8 Å². The minimum Gasteiger partial charge on any atom is -0.387 e. The molecule has 0 spiro atoms. The van der Waals surface area contributed by atoms with Crippen molar-refractivity contribution in [3.8, 4) is 0 Å². The second-order valence-corrected chi connectivity index (χ2v) is 3.19. The first kappa shape index (κ1) is 10.5. The summed E-state index contributed by atoms with van der Waals surface area (Å²) in [6.07, 6.45) is 0. The monoisotopic (exact) mass is 173 g/mol. The SMILES string of the molecule is CC(C)(C)O/N=C(\N)N=C(N)N. The molecule has 0 amide bonds. The van der Waals surface area contributed by atoms with Gasteiger partial charge in [0.05, 0.1) is 0 Å². The van der Waals surface area contributed by atoms with Crippen molar-refractivity contribution in [1.29, 1.82) is 0 Å². The first-order valence-electron chi connectivity index (χ1n) is 3.42. The summed E-state index contributed by atoms with van der Waals surface area (Å²) in [6, 6.07) is 0. The topological polar surface area (TPSA) is 112 Å². The molecule has 0 radical (unpaired) electrons. The Balaban J connectivity index is 4.12. The summed E-state index contributed by atoms with van der Waals surface area (Å²) in [4.78, 5) is 8.39. The molecule has 0 aliphatic heterocycles. The van der Waals surface area contributed by atoms with Crippen LogP contribution in [-0.4, -0.2) is 17.5 Å². The van der Waals surface area contributed by atoms with Crippen LogP contribution in [0.3, 0.4) is 0 Å². The Hall–Kier alpha value is -1.46. The maximum Gasteiger partial charge on any atom is 0.260 e. The van der Waals surface area contributed by atoms with Gasteiger partial charge in [0.1, 0.15) is 5.60 Å². The highest BCUT2D eigenvalue weighted by atomic mass is 16.6. The minimum absolute atomic E-state index is 0.0927. The van der Waals surface area contributed by atoms with E-state index in [1.165, 1.54) is 0 Å². The van der Waals surface area contributed by atoms with Crippen LogP contribution in [0.2, 0.25) is 0 Å². The summed E-state index contributed by atoms with van der Waals surface area (Å²) in [6.45, 7) is 5.50. The van der Waals surface area contributed by atoms with Gasteiger partial charge in [0.15, 0.2) is 5.96 Å². The maximum absolute atomic E-state index is 5.26. The third kappa shape index (κ3) is 6.66. The Morgan fingerprint density at radius 1 is 1.17 bits per heavy atom. The molecule has 0 aromatic heterocycles.